The van der Waals surface area contributed by atoms with Gasteiger partial charge in [-0.2, -0.15) is 0 Å². The number of unbranched alkanes of at least 4 members (excludes halogenated alkanes) is 2. The number of ether oxygens (including phenoxy) is 1. The Morgan fingerprint density at radius 2 is 1.75 bits per heavy atom. The van der Waals surface area contributed by atoms with Crippen molar-refractivity contribution in [2.45, 2.75) is 97.9 Å². The molecule has 1 aromatic carbocycles. The zero-order chi connectivity index (χ0) is 27.6. The summed E-state index contributed by atoms with van der Waals surface area (Å²) in [5.74, 6) is -2.09. The zero-order valence-corrected chi connectivity index (χ0v) is 22.5. The third-order valence-electron chi connectivity index (χ3n) is 5.23. The van der Waals surface area contributed by atoms with E-state index in [0.717, 1.165) is 12.8 Å². The molecule has 0 fully saturated rings. The van der Waals surface area contributed by atoms with Crippen LogP contribution in [0.5, 0.6) is 5.75 Å². The molecule has 0 bridgehead atoms. The Morgan fingerprint density at radius 1 is 1.11 bits per heavy atom. The Bertz CT molecular complexity index is 925. The van der Waals surface area contributed by atoms with Crippen LogP contribution < -0.4 is 16.4 Å². The molecule has 5 N–H and O–H groups in total. The Morgan fingerprint density at radius 3 is 2.28 bits per heavy atom. The van der Waals surface area contributed by atoms with Crippen molar-refractivity contribution in [3.05, 3.63) is 29.3 Å². The third-order valence-corrected chi connectivity index (χ3v) is 5.23. The first-order valence-electron chi connectivity index (χ1n) is 12.3. The number of carbonyl (C=O) groups excluding carboxylic acids is 4. The molecule has 10 nitrogen and oxygen atoms in total. The number of nitrogens with zero attached hydrogens (tertiary/aromatic N) is 1. The van der Waals surface area contributed by atoms with Crippen LogP contribution in [-0.2, 0) is 19.1 Å². The first kappa shape index (κ1) is 30.7. The Hall–Kier alpha value is -3.30. The normalized spacial score (nSPS) is 13.0. The van der Waals surface area contributed by atoms with Crippen molar-refractivity contribution in [2.75, 3.05) is 6.54 Å². The van der Waals surface area contributed by atoms with Crippen molar-refractivity contribution in [2.24, 2.45) is 5.73 Å². The number of amides is 4. The minimum absolute atomic E-state index is 0.110. The molecule has 4 amide bonds. The van der Waals surface area contributed by atoms with Gasteiger partial charge in [-0.15, -0.1) is 0 Å². The van der Waals surface area contributed by atoms with Crippen LogP contribution in [0, 0.1) is 6.92 Å². The van der Waals surface area contributed by atoms with Gasteiger partial charge in [-0.1, -0.05) is 38.0 Å². The number of phenolic OH excluding ortho intramolecular Hbond substituents is 1. The summed E-state index contributed by atoms with van der Waals surface area (Å²) in [6.07, 6.45) is 0.831. The van der Waals surface area contributed by atoms with E-state index in [2.05, 4.69) is 10.6 Å². The van der Waals surface area contributed by atoms with Gasteiger partial charge in [-0.3, -0.25) is 14.4 Å². The molecule has 0 aliphatic heterocycles. The molecule has 0 aliphatic rings. The zero-order valence-electron chi connectivity index (χ0n) is 22.5. The van der Waals surface area contributed by atoms with E-state index in [4.69, 9.17) is 10.5 Å². The first-order chi connectivity index (χ1) is 16.7. The molecule has 2 atom stereocenters. The van der Waals surface area contributed by atoms with Crippen molar-refractivity contribution >= 4 is 23.8 Å². The number of aryl methyl sites for hydroxylation is 1. The van der Waals surface area contributed by atoms with E-state index in [-0.39, 0.29) is 23.9 Å². The molecule has 0 radical (unpaired) electrons. The maximum Gasteiger partial charge on any atom is 0.408 e. The lowest BCUT2D eigenvalue weighted by molar-refractivity contribution is -0.143. The van der Waals surface area contributed by atoms with Crippen molar-refractivity contribution in [1.29, 1.82) is 0 Å². The molecule has 202 valence electrons. The quantitative estimate of drug-likeness (QED) is 0.320. The maximum absolute atomic E-state index is 13.9. The summed E-state index contributed by atoms with van der Waals surface area (Å²) in [6, 6.07) is 2.17. The molecule has 0 saturated carbocycles. The number of nitrogens with one attached hydrogen (secondary N) is 2. The van der Waals surface area contributed by atoms with Crippen molar-refractivity contribution in [3.8, 4) is 5.75 Å². The minimum atomic E-state index is -1.36. The fraction of sp³-hybridized carbons (Fsp3) is 0.615. The van der Waals surface area contributed by atoms with Gasteiger partial charge in [-0.25, -0.2) is 4.79 Å². The van der Waals surface area contributed by atoms with E-state index in [0.29, 0.717) is 12.0 Å². The maximum atomic E-state index is 13.9. The standard InChI is InChI=1S/C26H42N4O6/c1-8-9-10-14-30(24(34)19(15-20(27)31)29-25(35)36-26(5,6)7)21(23(33)28-16(2)3)18-13-11-12-17(4)22(18)32/h11-13,16,19,21,32H,8-10,14-15H2,1-7H3,(H2,27,31)(H,28,33)(H,29,35). The fourth-order valence-corrected chi connectivity index (χ4v) is 3.67. The van der Waals surface area contributed by atoms with Gasteiger partial charge < -0.3 is 31.1 Å². The van der Waals surface area contributed by atoms with Crippen LogP contribution in [-0.4, -0.2) is 58.1 Å². The van der Waals surface area contributed by atoms with Gasteiger partial charge in [0.1, 0.15) is 23.4 Å². The number of aromatic hydroxyl groups is 1. The Kier molecular flexibility index (Phi) is 11.7. The van der Waals surface area contributed by atoms with E-state index >= 15 is 0 Å². The second kappa shape index (κ2) is 13.7. The second-order valence-electron chi connectivity index (χ2n) is 10.2. The van der Waals surface area contributed by atoms with Crippen LogP contribution in [0.1, 0.15) is 84.4 Å². The second-order valence-corrected chi connectivity index (χ2v) is 10.2. The van der Waals surface area contributed by atoms with Gasteiger partial charge in [0.15, 0.2) is 0 Å². The summed E-state index contributed by atoms with van der Waals surface area (Å²) in [4.78, 5) is 52.9. The van der Waals surface area contributed by atoms with Crippen LogP contribution in [0.4, 0.5) is 4.79 Å². The highest BCUT2D eigenvalue weighted by Gasteiger charge is 2.38. The molecule has 0 spiro atoms. The number of rotatable bonds is 12. The number of nitrogens with two attached hydrogens (primary N) is 1. The largest absolute Gasteiger partial charge is 0.507 e. The summed E-state index contributed by atoms with van der Waals surface area (Å²) in [5.41, 5.74) is 5.34. The van der Waals surface area contributed by atoms with E-state index in [1.165, 1.54) is 4.90 Å². The number of primary amides is 1. The molecular weight excluding hydrogens is 464 g/mol. The van der Waals surface area contributed by atoms with Crippen LogP contribution in [0.25, 0.3) is 0 Å². The first-order valence-corrected chi connectivity index (χ1v) is 12.3. The number of hydrogen-bond donors (Lipinski definition) is 4. The number of phenols is 1. The van der Waals surface area contributed by atoms with E-state index in [9.17, 15) is 24.3 Å². The van der Waals surface area contributed by atoms with Crippen LogP contribution >= 0.6 is 0 Å². The topological polar surface area (TPSA) is 151 Å². The number of alkyl carbamates (subject to hydrolysis) is 1. The van der Waals surface area contributed by atoms with Gasteiger partial charge in [-0.05, 0) is 53.5 Å². The molecular formula is C26H42N4O6. The number of hydrogen-bond acceptors (Lipinski definition) is 6. The third kappa shape index (κ3) is 9.75. The van der Waals surface area contributed by atoms with Gasteiger partial charge >= 0.3 is 6.09 Å². The lowest BCUT2D eigenvalue weighted by Gasteiger charge is -2.35. The van der Waals surface area contributed by atoms with Crippen LogP contribution in [0.2, 0.25) is 0 Å². The molecule has 10 heteroatoms. The average Bonchev–Trinajstić information content (AvgIpc) is 2.72. The molecule has 36 heavy (non-hydrogen) atoms. The summed E-state index contributed by atoms with van der Waals surface area (Å²) >= 11 is 0. The van der Waals surface area contributed by atoms with Crippen LogP contribution in [0.3, 0.4) is 0 Å². The van der Waals surface area contributed by atoms with E-state index in [1.807, 2.05) is 6.92 Å². The predicted molar refractivity (Wildman–Crippen MR) is 137 cm³/mol. The molecule has 1 aromatic rings. The lowest BCUT2D eigenvalue weighted by Crippen LogP contribution is -2.54. The molecule has 0 saturated heterocycles. The molecule has 0 aromatic heterocycles. The predicted octanol–water partition coefficient (Wildman–Crippen LogP) is 3.05. The average molecular weight is 507 g/mol. The van der Waals surface area contributed by atoms with Gasteiger partial charge in [0.25, 0.3) is 0 Å². The van der Waals surface area contributed by atoms with E-state index in [1.54, 1.807) is 59.7 Å². The SMILES string of the molecule is CCCCCN(C(=O)C(CC(N)=O)NC(=O)OC(C)(C)C)C(C(=O)NC(C)C)c1cccc(C)c1O. The van der Waals surface area contributed by atoms with Gasteiger partial charge in [0.05, 0.1) is 6.42 Å². The molecule has 2 unspecified atom stereocenters. The monoisotopic (exact) mass is 506 g/mol. The molecule has 0 heterocycles. The molecule has 0 aliphatic carbocycles. The summed E-state index contributed by atoms with van der Waals surface area (Å²) in [5, 5.41) is 16.1. The number of benzene rings is 1. The lowest BCUT2D eigenvalue weighted by atomic mass is 9.98. The minimum Gasteiger partial charge on any atom is -0.507 e. The molecule has 1 rings (SSSR count). The summed E-state index contributed by atoms with van der Waals surface area (Å²) < 4.78 is 5.27. The highest BCUT2D eigenvalue weighted by molar-refractivity contribution is 5.94. The highest BCUT2D eigenvalue weighted by Crippen LogP contribution is 2.32. The van der Waals surface area contributed by atoms with Crippen LogP contribution in [0.15, 0.2) is 18.2 Å². The highest BCUT2D eigenvalue weighted by atomic mass is 16.6. The van der Waals surface area contributed by atoms with E-state index < -0.39 is 47.9 Å². The smallest absolute Gasteiger partial charge is 0.408 e. The van der Waals surface area contributed by atoms with Crippen molar-refractivity contribution < 1.29 is 29.0 Å². The van der Waals surface area contributed by atoms with Gasteiger partial charge in [0.2, 0.25) is 17.7 Å². The van der Waals surface area contributed by atoms with Gasteiger partial charge in [0, 0.05) is 18.2 Å². The Labute approximate surface area is 213 Å². The summed E-state index contributed by atoms with van der Waals surface area (Å²) in [6.45, 7) is 12.4. The number of para-hydroxylation sites is 1. The fourth-order valence-electron chi connectivity index (χ4n) is 3.67. The van der Waals surface area contributed by atoms with Crippen molar-refractivity contribution in [1.82, 2.24) is 15.5 Å². The Balaban J connectivity index is 3.57. The van der Waals surface area contributed by atoms with Crippen molar-refractivity contribution in [3.63, 3.8) is 0 Å². The summed E-state index contributed by atoms with van der Waals surface area (Å²) in [7, 11) is 0. The number of carbonyl (C=O) groups is 4.